The van der Waals surface area contributed by atoms with E-state index < -0.39 is 0 Å². The molecule has 5 heteroatoms. The van der Waals surface area contributed by atoms with Gasteiger partial charge in [-0.3, -0.25) is 4.57 Å². The number of thiophene rings is 1. The Kier molecular flexibility index (Phi) is 5.35. The summed E-state index contributed by atoms with van der Waals surface area (Å²) in [5.74, 6) is 0.590. The van der Waals surface area contributed by atoms with Crippen LogP contribution in [0.1, 0.15) is 0 Å². The number of hydrogen-bond acceptors (Lipinski definition) is 4. The van der Waals surface area contributed by atoms with E-state index in [9.17, 15) is 0 Å². The Morgan fingerprint density at radius 2 is 1.14 bits per heavy atom. The number of hydrogen-bond donors (Lipinski definition) is 0. The zero-order valence-electron chi connectivity index (χ0n) is 27.1. The molecule has 0 unspecified atom stereocenters. The molecule has 0 atom stereocenters. The number of benzene rings is 8. The predicted molar refractivity (Wildman–Crippen MR) is 214 cm³/mol. The van der Waals surface area contributed by atoms with Crippen LogP contribution in [0.5, 0.6) is 0 Å². The zero-order chi connectivity index (χ0) is 33.2. The Balaban J connectivity index is 1.32. The summed E-state index contributed by atoms with van der Waals surface area (Å²) in [5, 5.41) is 14.0. The minimum Gasteiger partial charge on any atom is -0.437 e. The molecule has 0 saturated carbocycles. The Morgan fingerprint density at radius 1 is 0.490 bits per heavy atom. The van der Waals surface area contributed by atoms with Crippen molar-refractivity contribution in [2.45, 2.75) is 0 Å². The normalized spacial score (nSPS) is 12.3. The van der Waals surface area contributed by atoms with Crippen molar-refractivity contribution in [3.63, 3.8) is 0 Å². The summed E-state index contributed by atoms with van der Waals surface area (Å²) < 4.78 is 11.5. The van der Waals surface area contributed by atoms with Crippen molar-refractivity contribution in [2.75, 3.05) is 0 Å². The highest BCUT2D eigenvalue weighted by molar-refractivity contribution is 7.27. The fourth-order valence-electron chi connectivity index (χ4n) is 8.48. The maximum absolute atomic E-state index is 6.63. The lowest BCUT2D eigenvalue weighted by atomic mass is 9.94. The van der Waals surface area contributed by atoms with Gasteiger partial charge in [0.05, 0.1) is 22.1 Å². The topological polar surface area (TPSA) is 43.9 Å². The molecule has 0 saturated heterocycles. The van der Waals surface area contributed by atoms with Crippen LogP contribution >= 0.6 is 11.3 Å². The number of furan rings is 1. The maximum Gasteiger partial charge on any atom is 0.238 e. The second-order valence-corrected chi connectivity index (χ2v) is 14.3. The van der Waals surface area contributed by atoms with E-state index >= 15 is 0 Å². The van der Waals surface area contributed by atoms with Crippen LogP contribution in [-0.2, 0) is 0 Å². The van der Waals surface area contributed by atoms with Crippen LogP contribution < -0.4 is 0 Å². The van der Waals surface area contributed by atoms with Gasteiger partial charge in [0.1, 0.15) is 5.58 Å². The summed E-state index contributed by atoms with van der Waals surface area (Å²) in [6.07, 6.45) is 0. The fraction of sp³-hybridized carbons (Fsp3) is 0. The van der Waals surface area contributed by atoms with Crippen molar-refractivity contribution >= 4 is 108 Å². The van der Waals surface area contributed by atoms with Gasteiger partial charge in [-0.05, 0) is 51.2 Å². The summed E-state index contributed by atoms with van der Waals surface area (Å²) in [6.45, 7) is 0. The van der Waals surface area contributed by atoms with Gasteiger partial charge < -0.3 is 4.42 Å². The van der Waals surface area contributed by atoms with Gasteiger partial charge in [0.2, 0.25) is 11.7 Å². The number of fused-ring (bicyclic) bond motifs is 16. The van der Waals surface area contributed by atoms with Gasteiger partial charge in [-0.1, -0.05) is 127 Å². The van der Waals surface area contributed by atoms with Crippen molar-refractivity contribution in [1.82, 2.24) is 14.5 Å². The van der Waals surface area contributed by atoms with E-state index in [1.165, 1.54) is 57.9 Å². The second-order valence-electron chi connectivity index (χ2n) is 13.3. The molecule has 236 valence electrons. The standard InChI is InChI=1S/C46H25N3OS/c1-2-14-27-26(13-1)25-35(29-16-4-3-15-28(27)29)42-40-33-20-8-11-23-37(33)50-45(40)48-46(47-42)49-36-22-10-7-19-32(36)39-30-17-5-6-18-31(30)44-41(43(39)49)34-21-9-12-24-38(34)51-44/h1-25H. The van der Waals surface area contributed by atoms with Crippen LogP contribution in [0.3, 0.4) is 0 Å². The van der Waals surface area contributed by atoms with E-state index in [4.69, 9.17) is 14.4 Å². The van der Waals surface area contributed by atoms with Crippen molar-refractivity contribution in [2.24, 2.45) is 0 Å². The molecule has 4 heterocycles. The molecular weight excluding hydrogens is 643 g/mol. The lowest BCUT2D eigenvalue weighted by Crippen LogP contribution is -2.03. The molecule has 0 bridgehead atoms. The van der Waals surface area contributed by atoms with Crippen molar-refractivity contribution in [3.05, 3.63) is 152 Å². The Labute approximate surface area is 294 Å². The first-order chi connectivity index (χ1) is 25.3. The van der Waals surface area contributed by atoms with E-state index in [-0.39, 0.29) is 0 Å². The SMILES string of the molecule is c1ccc2c(c1)cc(-c1nc(-n3c4ccccc4c4c5ccccc5c5sc6ccccc6c5c43)nc3oc4ccccc4c13)c1ccccc12. The van der Waals surface area contributed by atoms with Crippen LogP contribution in [0.25, 0.3) is 114 Å². The summed E-state index contributed by atoms with van der Waals surface area (Å²) in [4.78, 5) is 11.0. The molecule has 0 aliphatic carbocycles. The smallest absolute Gasteiger partial charge is 0.238 e. The number of nitrogens with zero attached hydrogens (tertiary/aromatic N) is 3. The third-order valence-corrected chi connectivity index (χ3v) is 11.8. The van der Waals surface area contributed by atoms with Crippen molar-refractivity contribution in [3.8, 4) is 17.2 Å². The lowest BCUT2D eigenvalue weighted by Gasteiger charge is -2.14. The highest BCUT2D eigenvalue weighted by Crippen LogP contribution is 2.48. The Bertz CT molecular complexity index is 3440. The van der Waals surface area contributed by atoms with Crippen LogP contribution in [0, 0.1) is 0 Å². The van der Waals surface area contributed by atoms with Crippen molar-refractivity contribution < 1.29 is 4.42 Å². The molecule has 0 amide bonds. The van der Waals surface area contributed by atoms with Gasteiger partial charge >= 0.3 is 0 Å². The zero-order valence-corrected chi connectivity index (χ0v) is 27.9. The summed E-state index contributed by atoms with van der Waals surface area (Å²) in [5.41, 5.74) is 5.47. The molecule has 12 aromatic rings. The third kappa shape index (κ3) is 3.63. The monoisotopic (exact) mass is 667 g/mol. The molecule has 8 aromatic carbocycles. The molecule has 0 aliphatic heterocycles. The highest BCUT2D eigenvalue weighted by Gasteiger charge is 2.25. The maximum atomic E-state index is 6.63. The Morgan fingerprint density at radius 3 is 2.00 bits per heavy atom. The van der Waals surface area contributed by atoms with Gasteiger partial charge in [0.15, 0.2) is 0 Å². The predicted octanol–water partition coefficient (Wildman–Crippen LogP) is 13.0. The average Bonchev–Trinajstić information content (AvgIpc) is 3.87. The molecule has 0 spiro atoms. The van der Waals surface area contributed by atoms with Gasteiger partial charge in [-0.15, -0.1) is 11.3 Å². The van der Waals surface area contributed by atoms with E-state index in [2.05, 4.69) is 144 Å². The molecular formula is C46H25N3OS. The minimum absolute atomic E-state index is 0.576. The molecule has 12 rings (SSSR count). The van der Waals surface area contributed by atoms with Crippen LogP contribution in [0.2, 0.25) is 0 Å². The summed E-state index contributed by atoms with van der Waals surface area (Å²) >= 11 is 1.86. The summed E-state index contributed by atoms with van der Waals surface area (Å²) in [7, 11) is 0. The molecule has 4 aromatic heterocycles. The van der Waals surface area contributed by atoms with E-state index in [0.717, 1.165) is 44.0 Å². The molecule has 0 radical (unpaired) electrons. The fourth-order valence-corrected chi connectivity index (χ4v) is 9.73. The Hall–Kier alpha value is -6.56. The first-order valence-electron chi connectivity index (χ1n) is 17.2. The first kappa shape index (κ1) is 27.3. The van der Waals surface area contributed by atoms with Gasteiger partial charge in [0, 0.05) is 47.3 Å². The molecule has 0 N–H and O–H groups in total. The largest absolute Gasteiger partial charge is 0.437 e. The van der Waals surface area contributed by atoms with E-state index in [1.54, 1.807) is 0 Å². The van der Waals surface area contributed by atoms with E-state index in [0.29, 0.717) is 11.7 Å². The van der Waals surface area contributed by atoms with Crippen LogP contribution in [0.4, 0.5) is 0 Å². The van der Waals surface area contributed by atoms with Crippen LogP contribution in [0.15, 0.2) is 156 Å². The number of aromatic nitrogens is 3. The third-order valence-electron chi connectivity index (χ3n) is 10.6. The molecule has 51 heavy (non-hydrogen) atoms. The van der Waals surface area contributed by atoms with Gasteiger partial charge in [-0.25, -0.2) is 4.98 Å². The van der Waals surface area contributed by atoms with Crippen LogP contribution in [-0.4, -0.2) is 14.5 Å². The molecule has 0 aliphatic rings. The molecule has 0 fully saturated rings. The lowest BCUT2D eigenvalue weighted by molar-refractivity contribution is 0.651. The van der Waals surface area contributed by atoms with Crippen molar-refractivity contribution in [1.29, 1.82) is 0 Å². The second kappa shape index (κ2) is 10.0. The minimum atomic E-state index is 0.576. The average molecular weight is 668 g/mol. The number of para-hydroxylation sites is 2. The number of rotatable bonds is 2. The summed E-state index contributed by atoms with van der Waals surface area (Å²) in [6, 6.07) is 54.0. The molecule has 4 nitrogen and oxygen atoms in total. The first-order valence-corrected chi connectivity index (χ1v) is 18.0. The van der Waals surface area contributed by atoms with E-state index in [1.807, 2.05) is 23.5 Å². The van der Waals surface area contributed by atoms with Gasteiger partial charge in [-0.2, -0.15) is 4.98 Å². The highest BCUT2D eigenvalue weighted by atomic mass is 32.1. The van der Waals surface area contributed by atoms with Gasteiger partial charge in [0.25, 0.3) is 0 Å². The quantitative estimate of drug-likeness (QED) is 0.172.